The summed E-state index contributed by atoms with van der Waals surface area (Å²) in [4.78, 5) is 0. The van der Waals surface area contributed by atoms with Crippen molar-refractivity contribution in [2.45, 2.75) is 51.7 Å². The summed E-state index contributed by atoms with van der Waals surface area (Å²) in [6.07, 6.45) is 6.88. The lowest BCUT2D eigenvalue weighted by Crippen LogP contribution is -2.39. The minimum atomic E-state index is 0.0295. The molecule has 12 heavy (non-hydrogen) atoms. The molecule has 0 spiro atoms. The smallest absolute Gasteiger partial charge is 0.0924 e. The molecule has 1 fully saturated rings. The maximum absolute atomic E-state index is 6.10. The van der Waals surface area contributed by atoms with E-state index in [0.29, 0.717) is 0 Å². The second-order valence-corrected chi connectivity index (χ2v) is 5.39. The van der Waals surface area contributed by atoms with E-state index in [0.717, 1.165) is 0 Å². The van der Waals surface area contributed by atoms with Crippen LogP contribution in [-0.4, -0.2) is 11.2 Å². The Morgan fingerprint density at radius 2 is 1.83 bits per heavy atom. The number of ether oxygens (including phenoxy) is 1. The largest absolute Gasteiger partial charge is 0.360 e. The Balaban J connectivity index is 2.34. The lowest BCUT2D eigenvalue weighted by Gasteiger charge is -2.37. The van der Waals surface area contributed by atoms with Crippen molar-refractivity contribution in [2.24, 2.45) is 5.41 Å². The Kier molecular flexibility index (Phi) is 1.35. The van der Waals surface area contributed by atoms with E-state index in [2.05, 4.69) is 39.8 Å². The SMILES string of the molecule is CC12C=CC(C(C)(C)C)(CC1)O2. The normalized spacial score (nSPS) is 45.7. The topological polar surface area (TPSA) is 9.23 Å². The zero-order chi connectivity index (χ0) is 9.04. The van der Waals surface area contributed by atoms with Gasteiger partial charge in [-0.2, -0.15) is 0 Å². The highest BCUT2D eigenvalue weighted by Gasteiger charge is 2.54. The van der Waals surface area contributed by atoms with Gasteiger partial charge < -0.3 is 4.74 Å². The van der Waals surface area contributed by atoms with Crippen molar-refractivity contribution in [3.63, 3.8) is 0 Å². The van der Waals surface area contributed by atoms with Gasteiger partial charge in [0.05, 0.1) is 11.2 Å². The Labute approximate surface area is 74.8 Å². The van der Waals surface area contributed by atoms with Crippen LogP contribution in [0, 0.1) is 5.41 Å². The lowest BCUT2D eigenvalue weighted by atomic mass is 9.73. The molecule has 68 valence electrons. The zero-order valence-electron chi connectivity index (χ0n) is 8.48. The van der Waals surface area contributed by atoms with Crippen LogP contribution in [0.5, 0.6) is 0 Å². The van der Waals surface area contributed by atoms with E-state index < -0.39 is 0 Å². The molecule has 2 aliphatic rings. The van der Waals surface area contributed by atoms with E-state index in [1.807, 2.05) is 0 Å². The van der Waals surface area contributed by atoms with Crippen molar-refractivity contribution in [2.75, 3.05) is 0 Å². The first-order chi connectivity index (χ1) is 5.37. The van der Waals surface area contributed by atoms with E-state index in [-0.39, 0.29) is 16.6 Å². The van der Waals surface area contributed by atoms with Crippen LogP contribution in [0.2, 0.25) is 0 Å². The summed E-state index contributed by atoms with van der Waals surface area (Å²) in [7, 11) is 0. The number of hydrogen-bond acceptors (Lipinski definition) is 1. The molecule has 0 amide bonds. The minimum Gasteiger partial charge on any atom is -0.360 e. The fourth-order valence-electron chi connectivity index (χ4n) is 2.28. The molecule has 2 unspecified atom stereocenters. The molecular weight excluding hydrogens is 148 g/mol. The van der Waals surface area contributed by atoms with Gasteiger partial charge in [0.15, 0.2) is 0 Å². The summed E-state index contributed by atoms with van der Waals surface area (Å²) in [5.74, 6) is 0. The van der Waals surface area contributed by atoms with Crippen LogP contribution < -0.4 is 0 Å². The second kappa shape index (κ2) is 1.95. The fourth-order valence-corrected chi connectivity index (χ4v) is 2.28. The second-order valence-electron chi connectivity index (χ2n) is 5.39. The quantitative estimate of drug-likeness (QED) is 0.503. The highest BCUT2D eigenvalue weighted by atomic mass is 16.5. The van der Waals surface area contributed by atoms with Gasteiger partial charge in [0, 0.05) is 0 Å². The van der Waals surface area contributed by atoms with Crippen molar-refractivity contribution in [3.05, 3.63) is 12.2 Å². The maximum atomic E-state index is 6.10. The highest BCUT2D eigenvalue weighted by molar-refractivity contribution is 5.25. The first kappa shape index (κ1) is 8.31. The summed E-state index contributed by atoms with van der Waals surface area (Å²) in [5.41, 5.74) is 0.312. The third-order valence-corrected chi connectivity index (χ3v) is 3.38. The zero-order valence-corrected chi connectivity index (χ0v) is 8.48. The molecule has 2 atom stereocenters. The minimum absolute atomic E-state index is 0.0295. The third-order valence-electron chi connectivity index (χ3n) is 3.38. The predicted molar refractivity (Wildman–Crippen MR) is 50.1 cm³/mol. The van der Waals surface area contributed by atoms with Gasteiger partial charge in [0.25, 0.3) is 0 Å². The molecule has 0 saturated carbocycles. The standard InChI is InChI=1S/C11H18O/c1-9(2,3)11-7-5-10(4,12-11)6-8-11/h5,7H,6,8H2,1-4H3. The van der Waals surface area contributed by atoms with E-state index in [1.54, 1.807) is 0 Å². The molecule has 1 heteroatoms. The van der Waals surface area contributed by atoms with Crippen molar-refractivity contribution >= 4 is 0 Å². The summed E-state index contributed by atoms with van der Waals surface area (Å²) in [5, 5.41) is 0. The van der Waals surface area contributed by atoms with E-state index >= 15 is 0 Å². The number of fused-ring (bicyclic) bond motifs is 2. The van der Waals surface area contributed by atoms with E-state index in [4.69, 9.17) is 4.74 Å². The maximum Gasteiger partial charge on any atom is 0.0924 e. The van der Waals surface area contributed by atoms with E-state index in [1.165, 1.54) is 12.8 Å². The third kappa shape index (κ3) is 0.891. The molecule has 2 rings (SSSR count). The monoisotopic (exact) mass is 166 g/mol. The Morgan fingerprint density at radius 1 is 1.17 bits per heavy atom. The van der Waals surface area contributed by atoms with Crippen LogP contribution in [0.3, 0.4) is 0 Å². The van der Waals surface area contributed by atoms with Gasteiger partial charge in [-0.3, -0.25) is 0 Å². The van der Waals surface area contributed by atoms with E-state index in [9.17, 15) is 0 Å². The molecule has 2 bridgehead atoms. The number of hydrogen-bond donors (Lipinski definition) is 0. The van der Waals surface area contributed by atoms with Gasteiger partial charge in [0.1, 0.15) is 0 Å². The van der Waals surface area contributed by atoms with Crippen LogP contribution in [0.1, 0.15) is 40.5 Å². The average molecular weight is 166 g/mol. The van der Waals surface area contributed by atoms with Crippen LogP contribution >= 0.6 is 0 Å². The van der Waals surface area contributed by atoms with Crippen LogP contribution in [0.15, 0.2) is 12.2 Å². The van der Waals surface area contributed by atoms with Crippen LogP contribution in [0.4, 0.5) is 0 Å². The molecule has 0 radical (unpaired) electrons. The van der Waals surface area contributed by atoms with Gasteiger partial charge in [-0.25, -0.2) is 0 Å². The van der Waals surface area contributed by atoms with Crippen LogP contribution in [-0.2, 0) is 4.74 Å². The van der Waals surface area contributed by atoms with Crippen LogP contribution in [0.25, 0.3) is 0 Å². The Hall–Kier alpha value is -0.300. The highest BCUT2D eigenvalue weighted by Crippen LogP contribution is 2.53. The fraction of sp³-hybridized carbons (Fsp3) is 0.818. The summed E-state index contributed by atoms with van der Waals surface area (Å²) < 4.78 is 6.10. The Bertz CT molecular complexity index is 236. The molecule has 0 aromatic rings. The molecule has 0 N–H and O–H groups in total. The van der Waals surface area contributed by atoms with Gasteiger partial charge in [-0.05, 0) is 25.2 Å². The predicted octanol–water partition coefficient (Wildman–Crippen LogP) is 2.91. The van der Waals surface area contributed by atoms with Gasteiger partial charge in [-0.15, -0.1) is 0 Å². The summed E-state index contributed by atoms with van der Waals surface area (Å²) in [6, 6.07) is 0. The molecule has 2 aliphatic heterocycles. The summed E-state index contributed by atoms with van der Waals surface area (Å²) >= 11 is 0. The molecule has 1 nitrogen and oxygen atoms in total. The van der Waals surface area contributed by atoms with Gasteiger partial charge in [-0.1, -0.05) is 32.9 Å². The Morgan fingerprint density at radius 3 is 2.00 bits per heavy atom. The van der Waals surface area contributed by atoms with Crippen molar-refractivity contribution in [1.29, 1.82) is 0 Å². The number of rotatable bonds is 0. The molecule has 1 saturated heterocycles. The molecule has 0 aliphatic carbocycles. The molecular formula is C11H18O. The summed E-state index contributed by atoms with van der Waals surface area (Å²) in [6.45, 7) is 8.96. The molecule has 2 heterocycles. The average Bonchev–Trinajstić information content (AvgIpc) is 2.40. The first-order valence-corrected chi connectivity index (χ1v) is 4.78. The molecule has 0 aromatic carbocycles. The molecule has 0 aromatic heterocycles. The lowest BCUT2D eigenvalue weighted by molar-refractivity contribution is -0.0805. The first-order valence-electron chi connectivity index (χ1n) is 4.78. The van der Waals surface area contributed by atoms with Gasteiger partial charge in [0.2, 0.25) is 0 Å². The van der Waals surface area contributed by atoms with Crippen molar-refractivity contribution in [3.8, 4) is 0 Å². The van der Waals surface area contributed by atoms with Gasteiger partial charge >= 0.3 is 0 Å². The van der Waals surface area contributed by atoms with Crippen molar-refractivity contribution in [1.82, 2.24) is 0 Å². The van der Waals surface area contributed by atoms with Crippen molar-refractivity contribution < 1.29 is 4.74 Å².